The van der Waals surface area contributed by atoms with Gasteiger partial charge < -0.3 is 30.5 Å². The normalized spacial score (nSPS) is 26.4. The lowest BCUT2D eigenvalue weighted by molar-refractivity contribution is 0.0475. The molecule has 5 rings (SSSR count). The third kappa shape index (κ3) is 4.71. The Labute approximate surface area is 198 Å². The summed E-state index contributed by atoms with van der Waals surface area (Å²) in [5, 5.41) is 26.2. The highest BCUT2D eigenvalue weighted by Gasteiger charge is 2.44. The van der Waals surface area contributed by atoms with Crippen molar-refractivity contribution >= 4 is 12.0 Å². The number of carboxylic acid groups (broad SMARTS) is 1. The number of amides is 2. The van der Waals surface area contributed by atoms with Crippen LogP contribution in [0.15, 0.2) is 42.6 Å². The van der Waals surface area contributed by atoms with E-state index >= 15 is 0 Å². The molecule has 0 aliphatic carbocycles. The molecular weight excluding hydrogens is 436 g/mol. The van der Waals surface area contributed by atoms with Gasteiger partial charge in [-0.05, 0) is 36.5 Å². The molecule has 2 fully saturated rings. The highest BCUT2D eigenvalue weighted by molar-refractivity contribution is 5.94. The molecule has 9 heteroatoms. The Kier molecular flexibility index (Phi) is 6.38. The van der Waals surface area contributed by atoms with Gasteiger partial charge in [0.1, 0.15) is 6.10 Å². The second kappa shape index (κ2) is 9.60. The summed E-state index contributed by atoms with van der Waals surface area (Å²) in [5.41, 5.74) is 2.86. The fourth-order valence-corrected chi connectivity index (χ4v) is 5.51. The van der Waals surface area contributed by atoms with Gasteiger partial charge in [-0.15, -0.1) is 0 Å². The third-order valence-corrected chi connectivity index (χ3v) is 7.24. The molecular formula is C25H30N4O5. The predicted octanol–water partition coefficient (Wildman–Crippen LogP) is 1.94. The summed E-state index contributed by atoms with van der Waals surface area (Å²) >= 11 is 0. The highest BCUT2D eigenvalue weighted by Crippen LogP contribution is 2.37. The second-order valence-corrected chi connectivity index (χ2v) is 9.41. The van der Waals surface area contributed by atoms with Crippen molar-refractivity contribution in [2.45, 2.75) is 69.0 Å². The zero-order chi connectivity index (χ0) is 23.7. The quantitative estimate of drug-likeness (QED) is 0.513. The van der Waals surface area contributed by atoms with Gasteiger partial charge in [0.05, 0.1) is 6.10 Å². The van der Waals surface area contributed by atoms with Crippen LogP contribution in [0, 0.1) is 0 Å². The molecule has 2 aromatic rings. The number of ether oxygens (including phenoxy) is 1. The summed E-state index contributed by atoms with van der Waals surface area (Å²) in [6, 6.07) is 11.2. The Balaban J connectivity index is 1.14. The van der Waals surface area contributed by atoms with Crippen LogP contribution in [0.1, 0.15) is 47.2 Å². The van der Waals surface area contributed by atoms with Crippen LogP contribution in [0.25, 0.3) is 0 Å². The van der Waals surface area contributed by atoms with Crippen molar-refractivity contribution in [3.05, 3.63) is 59.3 Å². The van der Waals surface area contributed by atoms with Crippen LogP contribution in [-0.4, -0.2) is 69.0 Å². The van der Waals surface area contributed by atoms with Crippen LogP contribution < -0.4 is 15.4 Å². The van der Waals surface area contributed by atoms with Crippen molar-refractivity contribution in [2.75, 3.05) is 6.54 Å². The molecule has 0 saturated carbocycles. The average Bonchev–Trinajstić information content (AvgIpc) is 3.13. The van der Waals surface area contributed by atoms with Gasteiger partial charge >= 0.3 is 6.09 Å². The van der Waals surface area contributed by atoms with E-state index in [2.05, 4.69) is 27.8 Å². The Morgan fingerprint density at radius 2 is 1.91 bits per heavy atom. The number of carbonyl (C=O) groups is 2. The first-order valence-electron chi connectivity index (χ1n) is 11.9. The van der Waals surface area contributed by atoms with Gasteiger partial charge in [0, 0.05) is 61.9 Å². The lowest BCUT2D eigenvalue weighted by Crippen LogP contribution is -2.49. The van der Waals surface area contributed by atoms with Gasteiger partial charge in [-0.2, -0.15) is 0 Å². The average molecular weight is 467 g/mol. The number of nitrogens with zero attached hydrogens (tertiary/aromatic N) is 2. The smallest absolute Gasteiger partial charge is 0.407 e. The maximum Gasteiger partial charge on any atom is 0.407 e. The summed E-state index contributed by atoms with van der Waals surface area (Å²) in [5.74, 6) is 0.0511. The maximum atomic E-state index is 12.7. The van der Waals surface area contributed by atoms with E-state index in [9.17, 15) is 19.8 Å². The molecule has 34 heavy (non-hydrogen) atoms. The topological polar surface area (TPSA) is 124 Å². The molecule has 180 valence electrons. The van der Waals surface area contributed by atoms with E-state index < -0.39 is 12.2 Å². The van der Waals surface area contributed by atoms with E-state index in [4.69, 9.17) is 4.74 Å². The number of benzene rings is 1. The Morgan fingerprint density at radius 3 is 2.65 bits per heavy atom. The van der Waals surface area contributed by atoms with Crippen molar-refractivity contribution in [3.63, 3.8) is 0 Å². The predicted molar refractivity (Wildman–Crippen MR) is 124 cm³/mol. The first kappa shape index (κ1) is 22.6. The van der Waals surface area contributed by atoms with Crippen molar-refractivity contribution in [1.29, 1.82) is 0 Å². The monoisotopic (exact) mass is 466 g/mol. The molecule has 2 saturated heterocycles. The van der Waals surface area contributed by atoms with Crippen molar-refractivity contribution in [3.8, 4) is 5.88 Å². The Hall–Kier alpha value is -3.17. The number of rotatable bonds is 6. The number of carbonyl (C=O) groups excluding carboxylic acids is 1. The lowest BCUT2D eigenvalue weighted by atomic mass is 9.93. The number of piperidine rings is 1. The van der Waals surface area contributed by atoms with E-state index in [1.54, 1.807) is 17.0 Å². The van der Waals surface area contributed by atoms with Gasteiger partial charge in [-0.25, -0.2) is 9.78 Å². The molecule has 0 unspecified atom stereocenters. The van der Waals surface area contributed by atoms with Crippen molar-refractivity contribution < 1.29 is 24.5 Å². The number of fused-ring (bicyclic) bond motifs is 3. The second-order valence-electron chi connectivity index (χ2n) is 9.41. The number of aromatic nitrogens is 1. The van der Waals surface area contributed by atoms with Crippen molar-refractivity contribution in [2.24, 2.45) is 0 Å². The SMILES string of the molecule is O=C(NC[C@@H](O)[C@@H]1Cc2ccccc2CN1)c1ccnc(O[C@H]2C[C@H]3CC[C@@H](C2)N3C(=O)O)c1. The van der Waals surface area contributed by atoms with E-state index in [0.29, 0.717) is 37.3 Å². The largest absolute Gasteiger partial charge is 0.474 e. The van der Waals surface area contributed by atoms with Crippen LogP contribution in [0.4, 0.5) is 4.79 Å². The Bertz CT molecular complexity index is 1050. The molecule has 4 heterocycles. The van der Waals surface area contributed by atoms with Crippen LogP contribution in [0.5, 0.6) is 5.88 Å². The number of aliphatic hydroxyl groups is 1. The highest BCUT2D eigenvalue weighted by atomic mass is 16.5. The van der Waals surface area contributed by atoms with Crippen LogP contribution in [0.3, 0.4) is 0 Å². The minimum atomic E-state index is -0.863. The number of hydrogen-bond acceptors (Lipinski definition) is 6. The number of hydrogen-bond donors (Lipinski definition) is 4. The third-order valence-electron chi connectivity index (χ3n) is 7.24. The van der Waals surface area contributed by atoms with Crippen molar-refractivity contribution in [1.82, 2.24) is 20.5 Å². The summed E-state index contributed by atoms with van der Waals surface area (Å²) in [6.07, 6.45) is 3.51. The molecule has 4 N–H and O–H groups in total. The summed E-state index contributed by atoms with van der Waals surface area (Å²) < 4.78 is 6.04. The van der Waals surface area contributed by atoms with Gasteiger partial charge in [0.25, 0.3) is 5.91 Å². The first-order valence-corrected chi connectivity index (χ1v) is 11.9. The minimum absolute atomic E-state index is 0.0189. The van der Waals surface area contributed by atoms with Gasteiger partial charge in [-0.1, -0.05) is 24.3 Å². The number of aliphatic hydroxyl groups excluding tert-OH is 1. The summed E-state index contributed by atoms with van der Waals surface area (Å²) in [4.78, 5) is 30.0. The van der Waals surface area contributed by atoms with E-state index in [-0.39, 0.29) is 36.7 Å². The van der Waals surface area contributed by atoms with Gasteiger partial charge in [0.15, 0.2) is 0 Å². The molecule has 5 atom stereocenters. The van der Waals surface area contributed by atoms with E-state index in [1.807, 2.05) is 12.1 Å². The maximum absolute atomic E-state index is 12.7. The molecule has 9 nitrogen and oxygen atoms in total. The van der Waals surface area contributed by atoms with Crippen LogP contribution in [-0.2, 0) is 13.0 Å². The molecule has 0 radical (unpaired) electrons. The zero-order valence-corrected chi connectivity index (χ0v) is 18.9. The lowest BCUT2D eigenvalue weighted by Gasteiger charge is -2.36. The number of nitrogens with one attached hydrogen (secondary N) is 2. The fraction of sp³-hybridized carbons (Fsp3) is 0.480. The fourth-order valence-electron chi connectivity index (χ4n) is 5.51. The molecule has 1 aromatic heterocycles. The van der Waals surface area contributed by atoms with E-state index in [1.165, 1.54) is 17.3 Å². The zero-order valence-electron chi connectivity index (χ0n) is 18.9. The minimum Gasteiger partial charge on any atom is -0.474 e. The molecule has 2 bridgehead atoms. The molecule has 2 amide bonds. The van der Waals surface area contributed by atoms with Crippen LogP contribution >= 0.6 is 0 Å². The molecule has 1 aromatic carbocycles. The molecule has 3 aliphatic rings. The van der Waals surface area contributed by atoms with Gasteiger partial charge in [-0.3, -0.25) is 4.79 Å². The Morgan fingerprint density at radius 1 is 1.18 bits per heavy atom. The van der Waals surface area contributed by atoms with E-state index in [0.717, 1.165) is 12.8 Å². The van der Waals surface area contributed by atoms with Gasteiger partial charge in [0.2, 0.25) is 5.88 Å². The van der Waals surface area contributed by atoms with Crippen LogP contribution in [0.2, 0.25) is 0 Å². The first-order chi connectivity index (χ1) is 16.5. The standard InChI is InChI=1S/C25H30N4O5/c30-22(21-9-15-3-1-2-4-17(15)13-27-21)14-28-24(31)16-7-8-26-23(10-16)34-20-11-18-5-6-19(12-20)29(18)25(32)33/h1-4,7-8,10,18-22,27,30H,5-6,9,11-14H2,(H,28,31)(H,32,33)/t18-,19+,20+,21-,22+/m0/s1. The number of pyridine rings is 1. The molecule has 0 spiro atoms. The summed E-state index contributed by atoms with van der Waals surface area (Å²) in [7, 11) is 0. The summed E-state index contributed by atoms with van der Waals surface area (Å²) in [6.45, 7) is 0.832. The molecule has 3 aliphatic heterocycles.